The Bertz CT molecular complexity index is 427. The first-order valence-electron chi connectivity index (χ1n) is 6.73. The molecule has 0 spiro atoms. The number of hydrogen-bond donors (Lipinski definition) is 0. The quantitative estimate of drug-likeness (QED) is 0.749. The highest BCUT2D eigenvalue weighted by Crippen LogP contribution is 2.49. The predicted octanol–water partition coefficient (Wildman–Crippen LogP) is 4.45. The third-order valence-corrected chi connectivity index (χ3v) is 4.38. The first-order valence-corrected chi connectivity index (χ1v) is 7.10. The molecule has 0 radical (unpaired) electrons. The topological polar surface area (TPSA) is 3.24 Å². The second kappa shape index (κ2) is 4.20. The summed E-state index contributed by atoms with van der Waals surface area (Å²) in [6.07, 6.45) is 4.09. The fraction of sp³-hybridized carbons (Fsp3) is 0.600. The van der Waals surface area contributed by atoms with Gasteiger partial charge in [-0.15, -0.1) is 0 Å². The summed E-state index contributed by atoms with van der Waals surface area (Å²) in [5.74, 6) is 1.47. The molecule has 92 valence electrons. The Labute approximate surface area is 109 Å². The lowest BCUT2D eigenvalue weighted by atomic mass is 9.98. The van der Waals surface area contributed by atoms with E-state index in [1.54, 1.807) is 0 Å². The minimum absolute atomic E-state index is 0.709. The minimum atomic E-state index is 0.709. The molecule has 1 heterocycles. The molecule has 0 N–H and O–H groups in total. The lowest BCUT2D eigenvalue weighted by Crippen LogP contribution is -2.34. The van der Waals surface area contributed by atoms with Gasteiger partial charge in [-0.3, -0.25) is 0 Å². The molecule has 2 atom stereocenters. The molecule has 0 saturated heterocycles. The van der Waals surface area contributed by atoms with Crippen LogP contribution in [0.3, 0.4) is 0 Å². The fourth-order valence-electron chi connectivity index (χ4n) is 3.56. The zero-order valence-corrected chi connectivity index (χ0v) is 11.4. The molecule has 0 amide bonds. The lowest BCUT2D eigenvalue weighted by Gasteiger charge is -2.28. The van der Waals surface area contributed by atoms with Crippen molar-refractivity contribution >= 4 is 17.3 Å². The van der Waals surface area contributed by atoms with Crippen molar-refractivity contribution in [2.75, 3.05) is 11.4 Å². The van der Waals surface area contributed by atoms with E-state index in [9.17, 15) is 0 Å². The van der Waals surface area contributed by atoms with Crippen molar-refractivity contribution in [2.24, 2.45) is 5.92 Å². The smallest absolute Gasteiger partial charge is 0.0426 e. The van der Waals surface area contributed by atoms with E-state index in [0.717, 1.165) is 23.5 Å². The van der Waals surface area contributed by atoms with Gasteiger partial charge in [-0.2, -0.15) is 0 Å². The summed E-state index contributed by atoms with van der Waals surface area (Å²) in [6, 6.07) is 7.21. The van der Waals surface area contributed by atoms with Crippen molar-refractivity contribution in [1.29, 1.82) is 0 Å². The molecule has 1 aliphatic carbocycles. The summed E-state index contributed by atoms with van der Waals surface area (Å²) >= 11 is 6.16. The maximum absolute atomic E-state index is 6.16. The van der Waals surface area contributed by atoms with Crippen LogP contribution in [-0.4, -0.2) is 12.6 Å². The monoisotopic (exact) mass is 249 g/mol. The second-order valence-electron chi connectivity index (χ2n) is 5.85. The molecule has 2 aliphatic rings. The van der Waals surface area contributed by atoms with E-state index in [1.807, 2.05) is 0 Å². The van der Waals surface area contributed by atoms with Gasteiger partial charge < -0.3 is 4.90 Å². The summed E-state index contributed by atoms with van der Waals surface area (Å²) in [5.41, 5.74) is 2.94. The van der Waals surface area contributed by atoms with Crippen LogP contribution in [0.1, 0.15) is 44.6 Å². The van der Waals surface area contributed by atoms with E-state index in [1.165, 1.54) is 30.5 Å². The zero-order chi connectivity index (χ0) is 12.0. The van der Waals surface area contributed by atoms with Crippen LogP contribution in [0, 0.1) is 5.92 Å². The Morgan fingerprint density at radius 3 is 2.94 bits per heavy atom. The van der Waals surface area contributed by atoms with Gasteiger partial charge in [-0.05, 0) is 36.5 Å². The average molecular weight is 250 g/mol. The van der Waals surface area contributed by atoms with Crippen LogP contribution in [0.15, 0.2) is 18.2 Å². The van der Waals surface area contributed by atoms with Gasteiger partial charge in [0, 0.05) is 29.2 Å². The highest BCUT2D eigenvalue weighted by atomic mass is 35.5. The van der Waals surface area contributed by atoms with Crippen molar-refractivity contribution in [1.82, 2.24) is 0 Å². The van der Waals surface area contributed by atoms with Crippen LogP contribution < -0.4 is 4.90 Å². The highest BCUT2D eigenvalue weighted by Gasteiger charge is 2.41. The van der Waals surface area contributed by atoms with E-state index >= 15 is 0 Å². The average Bonchev–Trinajstić information content (AvgIpc) is 2.82. The fourth-order valence-corrected chi connectivity index (χ4v) is 3.73. The molecule has 1 aliphatic heterocycles. The predicted molar refractivity (Wildman–Crippen MR) is 74.0 cm³/mol. The molecule has 17 heavy (non-hydrogen) atoms. The van der Waals surface area contributed by atoms with Gasteiger partial charge in [0.2, 0.25) is 0 Å². The number of anilines is 1. The molecule has 3 rings (SSSR count). The lowest BCUT2D eigenvalue weighted by molar-refractivity contribution is 0.532. The first kappa shape index (κ1) is 11.4. The molecule has 1 nitrogen and oxygen atoms in total. The highest BCUT2D eigenvalue weighted by molar-refractivity contribution is 6.30. The third kappa shape index (κ3) is 1.85. The molecule has 2 heteroatoms. The van der Waals surface area contributed by atoms with Gasteiger partial charge >= 0.3 is 0 Å². The molecule has 1 aromatic carbocycles. The number of fused-ring (bicyclic) bond motifs is 3. The Morgan fingerprint density at radius 1 is 1.35 bits per heavy atom. The molecular weight excluding hydrogens is 230 g/mol. The second-order valence-corrected chi connectivity index (χ2v) is 6.29. The molecule has 1 fully saturated rings. The first-order chi connectivity index (χ1) is 8.16. The maximum Gasteiger partial charge on any atom is 0.0426 e. The van der Waals surface area contributed by atoms with E-state index < -0.39 is 0 Å². The van der Waals surface area contributed by atoms with Crippen molar-refractivity contribution in [2.45, 2.75) is 45.1 Å². The Balaban J connectivity index is 2.01. The summed E-state index contributed by atoms with van der Waals surface area (Å²) in [4.78, 5) is 2.61. The van der Waals surface area contributed by atoms with Crippen molar-refractivity contribution in [3.8, 4) is 0 Å². The summed E-state index contributed by atoms with van der Waals surface area (Å²) < 4.78 is 0. The van der Waals surface area contributed by atoms with Gasteiger partial charge in [0.1, 0.15) is 0 Å². The van der Waals surface area contributed by atoms with Gasteiger partial charge in [0.05, 0.1) is 0 Å². The maximum atomic E-state index is 6.16. The summed E-state index contributed by atoms with van der Waals surface area (Å²) in [5, 5.41) is 0.873. The van der Waals surface area contributed by atoms with Crippen LogP contribution in [0.5, 0.6) is 0 Å². The number of halogens is 1. The minimum Gasteiger partial charge on any atom is -0.367 e. The van der Waals surface area contributed by atoms with E-state index in [4.69, 9.17) is 11.6 Å². The Kier molecular flexibility index (Phi) is 2.82. The van der Waals surface area contributed by atoms with Gasteiger partial charge in [-0.1, -0.05) is 37.9 Å². The standard InChI is InChI=1S/C15H20ClN/c1-10(2)9-17-14-5-3-4-12(14)13-7-6-11(16)8-15(13)17/h6-8,10,12,14H,3-5,9H2,1-2H3/t12-,14-/m0/s1. The van der Waals surface area contributed by atoms with Crippen molar-refractivity contribution < 1.29 is 0 Å². The van der Waals surface area contributed by atoms with Gasteiger partial charge in [0.25, 0.3) is 0 Å². The van der Waals surface area contributed by atoms with E-state index in [-0.39, 0.29) is 0 Å². The van der Waals surface area contributed by atoms with E-state index in [2.05, 4.69) is 36.9 Å². The van der Waals surface area contributed by atoms with Crippen molar-refractivity contribution in [3.63, 3.8) is 0 Å². The number of benzene rings is 1. The number of nitrogens with zero attached hydrogens (tertiary/aromatic N) is 1. The normalized spacial score (nSPS) is 26.5. The Morgan fingerprint density at radius 2 is 2.18 bits per heavy atom. The molecule has 0 bridgehead atoms. The molecular formula is C15H20ClN. The van der Waals surface area contributed by atoms with Crippen LogP contribution in [-0.2, 0) is 0 Å². The van der Waals surface area contributed by atoms with Crippen LogP contribution in [0.4, 0.5) is 5.69 Å². The molecule has 0 aromatic heterocycles. The van der Waals surface area contributed by atoms with Gasteiger partial charge in [-0.25, -0.2) is 0 Å². The SMILES string of the molecule is CC(C)CN1c2cc(Cl)ccc2[C@@H]2CCC[C@@H]21. The number of hydrogen-bond acceptors (Lipinski definition) is 1. The van der Waals surface area contributed by atoms with Gasteiger partial charge in [0.15, 0.2) is 0 Å². The number of rotatable bonds is 2. The third-order valence-electron chi connectivity index (χ3n) is 4.14. The van der Waals surface area contributed by atoms with Crippen LogP contribution in [0.2, 0.25) is 5.02 Å². The molecule has 0 unspecified atom stereocenters. The van der Waals surface area contributed by atoms with E-state index in [0.29, 0.717) is 5.92 Å². The summed E-state index contributed by atoms with van der Waals surface area (Å²) in [7, 11) is 0. The van der Waals surface area contributed by atoms with Crippen molar-refractivity contribution in [3.05, 3.63) is 28.8 Å². The zero-order valence-electron chi connectivity index (χ0n) is 10.6. The Hall–Kier alpha value is -0.690. The van der Waals surface area contributed by atoms with Crippen LogP contribution in [0.25, 0.3) is 0 Å². The molecule has 1 aromatic rings. The van der Waals surface area contributed by atoms with Crippen LogP contribution >= 0.6 is 11.6 Å². The largest absolute Gasteiger partial charge is 0.367 e. The molecule has 1 saturated carbocycles. The summed E-state index contributed by atoms with van der Waals surface area (Å²) in [6.45, 7) is 5.76.